The standard InChI is InChI=1S/C10H20N2O2/c1-7(2)12-8(3)4-5-11-9(6-13)10(12)14/h7-9,11,13H,4-6H2,1-3H3. The summed E-state index contributed by atoms with van der Waals surface area (Å²) in [5.41, 5.74) is 0. The molecular formula is C10H20N2O2. The van der Waals surface area contributed by atoms with Gasteiger partial charge in [-0.05, 0) is 33.7 Å². The zero-order valence-electron chi connectivity index (χ0n) is 9.16. The fraction of sp³-hybridized carbons (Fsp3) is 0.900. The van der Waals surface area contributed by atoms with Gasteiger partial charge in [-0.15, -0.1) is 0 Å². The molecule has 1 rings (SSSR count). The van der Waals surface area contributed by atoms with Crippen molar-refractivity contribution >= 4 is 5.91 Å². The molecule has 1 fully saturated rings. The minimum Gasteiger partial charge on any atom is -0.394 e. The summed E-state index contributed by atoms with van der Waals surface area (Å²) in [6.07, 6.45) is 0.945. The van der Waals surface area contributed by atoms with Crippen molar-refractivity contribution in [3.05, 3.63) is 0 Å². The topological polar surface area (TPSA) is 52.6 Å². The first-order chi connectivity index (χ1) is 6.57. The Morgan fingerprint density at radius 3 is 2.79 bits per heavy atom. The zero-order chi connectivity index (χ0) is 10.7. The van der Waals surface area contributed by atoms with Crippen LogP contribution >= 0.6 is 0 Å². The van der Waals surface area contributed by atoms with Gasteiger partial charge in [0.25, 0.3) is 0 Å². The van der Waals surface area contributed by atoms with Gasteiger partial charge in [0, 0.05) is 12.1 Å². The van der Waals surface area contributed by atoms with Crippen LogP contribution in [0.15, 0.2) is 0 Å². The second-order valence-corrected chi connectivity index (χ2v) is 4.17. The first-order valence-electron chi connectivity index (χ1n) is 5.24. The van der Waals surface area contributed by atoms with Crippen molar-refractivity contribution in [1.29, 1.82) is 0 Å². The van der Waals surface area contributed by atoms with Crippen LogP contribution in [-0.4, -0.2) is 47.2 Å². The number of hydrogen-bond donors (Lipinski definition) is 2. The molecule has 14 heavy (non-hydrogen) atoms. The van der Waals surface area contributed by atoms with Crippen molar-refractivity contribution in [2.45, 2.75) is 45.3 Å². The number of amides is 1. The minimum atomic E-state index is -0.414. The first-order valence-corrected chi connectivity index (χ1v) is 5.24. The summed E-state index contributed by atoms with van der Waals surface area (Å²) in [5, 5.41) is 12.1. The van der Waals surface area contributed by atoms with Crippen molar-refractivity contribution in [3.8, 4) is 0 Å². The molecule has 0 radical (unpaired) electrons. The lowest BCUT2D eigenvalue weighted by Gasteiger charge is -2.32. The smallest absolute Gasteiger partial charge is 0.242 e. The molecule has 0 spiro atoms. The zero-order valence-corrected chi connectivity index (χ0v) is 9.16. The average molecular weight is 200 g/mol. The summed E-state index contributed by atoms with van der Waals surface area (Å²) in [4.78, 5) is 13.8. The molecule has 1 amide bonds. The van der Waals surface area contributed by atoms with Crippen LogP contribution in [0.1, 0.15) is 27.2 Å². The number of hydrogen-bond acceptors (Lipinski definition) is 3. The van der Waals surface area contributed by atoms with Gasteiger partial charge in [-0.25, -0.2) is 0 Å². The van der Waals surface area contributed by atoms with Gasteiger partial charge in [-0.1, -0.05) is 0 Å². The minimum absolute atomic E-state index is 0.0208. The molecule has 1 aliphatic rings. The summed E-state index contributed by atoms with van der Waals surface area (Å²) in [6.45, 7) is 6.75. The largest absolute Gasteiger partial charge is 0.394 e. The van der Waals surface area contributed by atoms with Crippen LogP contribution in [0.25, 0.3) is 0 Å². The molecule has 2 atom stereocenters. The molecular weight excluding hydrogens is 180 g/mol. The van der Waals surface area contributed by atoms with Crippen molar-refractivity contribution in [2.75, 3.05) is 13.2 Å². The van der Waals surface area contributed by atoms with Crippen LogP contribution in [0.3, 0.4) is 0 Å². The number of carbonyl (C=O) groups is 1. The van der Waals surface area contributed by atoms with Gasteiger partial charge in [-0.2, -0.15) is 0 Å². The van der Waals surface area contributed by atoms with Crippen molar-refractivity contribution in [2.24, 2.45) is 0 Å². The fourth-order valence-corrected chi connectivity index (χ4v) is 2.00. The lowest BCUT2D eigenvalue weighted by molar-refractivity contribution is -0.137. The van der Waals surface area contributed by atoms with Crippen LogP contribution in [0, 0.1) is 0 Å². The molecule has 0 saturated carbocycles. The number of aliphatic hydroxyl groups is 1. The predicted molar refractivity (Wildman–Crippen MR) is 54.9 cm³/mol. The van der Waals surface area contributed by atoms with Gasteiger partial charge in [0.1, 0.15) is 6.04 Å². The highest BCUT2D eigenvalue weighted by molar-refractivity contribution is 5.82. The predicted octanol–water partition coefficient (Wildman–Crippen LogP) is -0.0339. The molecule has 0 bridgehead atoms. The van der Waals surface area contributed by atoms with E-state index in [-0.39, 0.29) is 24.6 Å². The third-order valence-electron chi connectivity index (χ3n) is 2.72. The van der Waals surface area contributed by atoms with Crippen LogP contribution in [0.2, 0.25) is 0 Å². The Balaban J connectivity index is 2.80. The van der Waals surface area contributed by atoms with E-state index in [0.29, 0.717) is 0 Å². The Kier molecular flexibility index (Phi) is 3.89. The Bertz CT molecular complexity index is 206. The summed E-state index contributed by atoms with van der Waals surface area (Å²) in [7, 11) is 0. The molecule has 82 valence electrons. The summed E-state index contributed by atoms with van der Waals surface area (Å²) >= 11 is 0. The monoisotopic (exact) mass is 200 g/mol. The molecule has 4 nitrogen and oxygen atoms in total. The van der Waals surface area contributed by atoms with E-state index >= 15 is 0 Å². The van der Waals surface area contributed by atoms with E-state index < -0.39 is 6.04 Å². The van der Waals surface area contributed by atoms with Crippen LogP contribution in [-0.2, 0) is 4.79 Å². The Labute approximate surface area is 85.3 Å². The van der Waals surface area contributed by atoms with Gasteiger partial charge in [0.2, 0.25) is 5.91 Å². The third-order valence-corrected chi connectivity index (χ3v) is 2.72. The molecule has 0 aliphatic carbocycles. The fourth-order valence-electron chi connectivity index (χ4n) is 2.00. The van der Waals surface area contributed by atoms with E-state index in [9.17, 15) is 4.79 Å². The van der Waals surface area contributed by atoms with E-state index in [1.807, 2.05) is 18.7 Å². The molecule has 0 aromatic carbocycles. The third kappa shape index (κ3) is 2.25. The highest BCUT2D eigenvalue weighted by Gasteiger charge is 2.31. The van der Waals surface area contributed by atoms with Crippen molar-refractivity contribution in [1.82, 2.24) is 10.2 Å². The maximum absolute atomic E-state index is 11.9. The quantitative estimate of drug-likeness (QED) is 0.658. The number of carbonyl (C=O) groups excluding carboxylic acids is 1. The molecule has 1 aliphatic heterocycles. The summed E-state index contributed by atoms with van der Waals surface area (Å²) < 4.78 is 0. The normalized spacial score (nSPS) is 29.5. The second-order valence-electron chi connectivity index (χ2n) is 4.17. The van der Waals surface area contributed by atoms with E-state index in [2.05, 4.69) is 12.2 Å². The molecule has 2 unspecified atom stereocenters. The molecule has 2 N–H and O–H groups in total. The van der Waals surface area contributed by atoms with E-state index in [0.717, 1.165) is 13.0 Å². The van der Waals surface area contributed by atoms with Gasteiger partial charge >= 0.3 is 0 Å². The van der Waals surface area contributed by atoms with Crippen LogP contribution in [0.4, 0.5) is 0 Å². The maximum atomic E-state index is 11.9. The van der Waals surface area contributed by atoms with Gasteiger partial charge in [0.15, 0.2) is 0 Å². The number of aliphatic hydroxyl groups excluding tert-OH is 1. The van der Waals surface area contributed by atoms with Crippen LogP contribution < -0.4 is 5.32 Å². The van der Waals surface area contributed by atoms with E-state index in [1.165, 1.54) is 0 Å². The Morgan fingerprint density at radius 2 is 2.29 bits per heavy atom. The average Bonchev–Trinajstić information content (AvgIpc) is 2.24. The maximum Gasteiger partial charge on any atom is 0.242 e. The number of rotatable bonds is 2. The SMILES string of the molecule is CC(C)N1C(=O)C(CO)NCCC1C. The van der Waals surface area contributed by atoms with Gasteiger partial charge in [-0.3, -0.25) is 4.79 Å². The van der Waals surface area contributed by atoms with Crippen LogP contribution in [0.5, 0.6) is 0 Å². The first kappa shape index (κ1) is 11.5. The molecule has 0 aromatic heterocycles. The molecule has 0 aromatic rings. The van der Waals surface area contributed by atoms with Gasteiger partial charge < -0.3 is 15.3 Å². The second kappa shape index (κ2) is 4.75. The lowest BCUT2D eigenvalue weighted by atomic mass is 10.1. The highest BCUT2D eigenvalue weighted by atomic mass is 16.3. The molecule has 1 saturated heterocycles. The Hall–Kier alpha value is -0.610. The summed E-state index contributed by atoms with van der Waals surface area (Å²) in [6, 6.07) is 0.0420. The molecule has 1 heterocycles. The highest BCUT2D eigenvalue weighted by Crippen LogP contribution is 2.13. The molecule has 4 heteroatoms. The number of nitrogens with zero attached hydrogens (tertiary/aromatic N) is 1. The van der Waals surface area contributed by atoms with E-state index in [4.69, 9.17) is 5.11 Å². The lowest BCUT2D eigenvalue weighted by Crippen LogP contribution is -2.50. The van der Waals surface area contributed by atoms with Gasteiger partial charge in [0.05, 0.1) is 6.61 Å². The Morgan fingerprint density at radius 1 is 1.64 bits per heavy atom. The van der Waals surface area contributed by atoms with E-state index in [1.54, 1.807) is 0 Å². The van der Waals surface area contributed by atoms with Crippen molar-refractivity contribution in [3.63, 3.8) is 0 Å². The van der Waals surface area contributed by atoms with Crippen molar-refractivity contribution < 1.29 is 9.90 Å². The summed E-state index contributed by atoms with van der Waals surface area (Å²) in [5.74, 6) is 0.0208. The number of nitrogens with one attached hydrogen (secondary N) is 1.